The van der Waals surface area contributed by atoms with Crippen LogP contribution in [-0.2, 0) is 9.63 Å². The molecule has 58 valence electrons. The summed E-state index contributed by atoms with van der Waals surface area (Å²) in [6, 6.07) is 0. The van der Waals surface area contributed by atoms with Crippen LogP contribution in [0.25, 0.3) is 0 Å². The Bertz CT molecular complexity index is 247. The van der Waals surface area contributed by atoms with Gasteiger partial charge in [0, 0.05) is 6.42 Å². The Kier molecular flexibility index (Phi) is 2.66. The first kappa shape index (κ1) is 7.79. The normalized spacial score (nSPS) is 15.7. The first-order valence-electron chi connectivity index (χ1n) is 3.28. The molecule has 0 radical (unpaired) electrons. The van der Waals surface area contributed by atoms with Gasteiger partial charge in [-0.2, -0.15) is 0 Å². The largest absolute Gasteiger partial charge is 0.279 e. The Labute approximate surface area is 65.0 Å². The van der Waals surface area contributed by atoms with E-state index in [4.69, 9.17) is 0 Å². The molecule has 1 aliphatic rings. The van der Waals surface area contributed by atoms with Crippen molar-refractivity contribution < 1.29 is 9.63 Å². The van der Waals surface area contributed by atoms with E-state index in [-0.39, 0.29) is 0 Å². The minimum atomic E-state index is 0.592. The number of nitrogens with one attached hydrogen (secondary N) is 1. The molecule has 0 atom stereocenters. The van der Waals surface area contributed by atoms with Gasteiger partial charge in [0.1, 0.15) is 5.94 Å². The van der Waals surface area contributed by atoms with Gasteiger partial charge in [-0.05, 0) is 6.08 Å². The van der Waals surface area contributed by atoms with Crippen molar-refractivity contribution in [1.82, 2.24) is 5.48 Å². The molecule has 0 heterocycles. The fourth-order valence-electron chi connectivity index (χ4n) is 0.863. The minimum Gasteiger partial charge on any atom is -0.279 e. The number of carbonyl (C=O) groups excluding carboxylic acids is 1. The van der Waals surface area contributed by atoms with Crippen LogP contribution < -0.4 is 5.48 Å². The van der Waals surface area contributed by atoms with E-state index in [1.165, 1.54) is 7.11 Å². The van der Waals surface area contributed by atoms with Gasteiger partial charge in [-0.1, -0.05) is 12.2 Å². The van der Waals surface area contributed by atoms with Crippen molar-refractivity contribution in [1.29, 1.82) is 0 Å². The molecule has 0 aromatic heterocycles. The standard InChI is InChI=1S/C8H9NO2/c1-11-9-8-5-3-2-4-7(8)6-10/h2-3,5,9H,4H2,1H3. The van der Waals surface area contributed by atoms with Gasteiger partial charge in [-0.15, -0.1) is 0 Å². The lowest BCUT2D eigenvalue weighted by atomic mass is 10.1. The maximum atomic E-state index is 10.3. The summed E-state index contributed by atoms with van der Waals surface area (Å²) in [5, 5.41) is 0. The zero-order valence-electron chi connectivity index (χ0n) is 6.26. The van der Waals surface area contributed by atoms with Crippen molar-refractivity contribution in [2.75, 3.05) is 7.11 Å². The minimum absolute atomic E-state index is 0.592. The molecular weight excluding hydrogens is 142 g/mol. The number of hydrogen-bond acceptors (Lipinski definition) is 3. The summed E-state index contributed by atoms with van der Waals surface area (Å²) >= 11 is 0. The van der Waals surface area contributed by atoms with Gasteiger partial charge in [0.15, 0.2) is 0 Å². The maximum absolute atomic E-state index is 10.3. The number of hydrogen-bond donors (Lipinski definition) is 1. The molecule has 0 spiro atoms. The van der Waals surface area contributed by atoms with Crippen LogP contribution in [0.4, 0.5) is 0 Å². The molecule has 0 bridgehead atoms. The number of rotatable bonds is 2. The van der Waals surface area contributed by atoms with Crippen molar-refractivity contribution in [2.24, 2.45) is 0 Å². The highest BCUT2D eigenvalue weighted by Crippen LogP contribution is 2.13. The molecule has 0 aromatic rings. The molecule has 1 aliphatic carbocycles. The van der Waals surface area contributed by atoms with Crippen LogP contribution >= 0.6 is 0 Å². The molecule has 3 nitrogen and oxygen atoms in total. The van der Waals surface area contributed by atoms with E-state index >= 15 is 0 Å². The van der Waals surface area contributed by atoms with Crippen LogP contribution in [0.1, 0.15) is 6.42 Å². The van der Waals surface area contributed by atoms with Crippen LogP contribution in [0.2, 0.25) is 0 Å². The third-order valence-electron chi connectivity index (χ3n) is 1.38. The highest BCUT2D eigenvalue weighted by Gasteiger charge is 2.06. The summed E-state index contributed by atoms with van der Waals surface area (Å²) in [5.74, 6) is 1.84. The average molecular weight is 151 g/mol. The van der Waals surface area contributed by atoms with E-state index in [2.05, 4.69) is 10.3 Å². The molecule has 0 unspecified atom stereocenters. The van der Waals surface area contributed by atoms with Crippen LogP contribution in [0, 0.1) is 0 Å². The van der Waals surface area contributed by atoms with Crippen LogP contribution in [0.5, 0.6) is 0 Å². The number of allylic oxidation sites excluding steroid dienone is 4. The topological polar surface area (TPSA) is 38.3 Å². The molecule has 0 saturated heterocycles. The molecule has 1 rings (SSSR count). The predicted octanol–water partition coefficient (Wildman–Crippen LogP) is 0.739. The third-order valence-corrected chi connectivity index (χ3v) is 1.38. The van der Waals surface area contributed by atoms with E-state index in [0.29, 0.717) is 17.7 Å². The van der Waals surface area contributed by atoms with E-state index in [9.17, 15) is 4.79 Å². The van der Waals surface area contributed by atoms with Gasteiger partial charge in [-0.3, -0.25) is 10.3 Å². The first-order valence-corrected chi connectivity index (χ1v) is 3.28. The van der Waals surface area contributed by atoms with Crippen molar-refractivity contribution >= 4 is 5.94 Å². The lowest BCUT2D eigenvalue weighted by Gasteiger charge is -2.09. The Morgan fingerprint density at radius 3 is 3.18 bits per heavy atom. The second kappa shape index (κ2) is 3.76. The van der Waals surface area contributed by atoms with Gasteiger partial charge in [0.2, 0.25) is 0 Å². The molecule has 0 aromatic carbocycles. The van der Waals surface area contributed by atoms with Gasteiger partial charge >= 0.3 is 0 Å². The van der Waals surface area contributed by atoms with Crippen LogP contribution in [0.3, 0.4) is 0 Å². The third kappa shape index (κ3) is 1.80. The molecule has 0 saturated carbocycles. The van der Waals surface area contributed by atoms with Crippen molar-refractivity contribution in [2.45, 2.75) is 6.42 Å². The van der Waals surface area contributed by atoms with Crippen molar-refractivity contribution in [3.8, 4) is 0 Å². The molecular formula is C8H9NO2. The quantitative estimate of drug-likeness (QED) is 0.467. The summed E-state index contributed by atoms with van der Waals surface area (Å²) < 4.78 is 0. The monoisotopic (exact) mass is 151 g/mol. The van der Waals surface area contributed by atoms with Crippen LogP contribution in [0.15, 0.2) is 29.5 Å². The van der Waals surface area contributed by atoms with Crippen LogP contribution in [-0.4, -0.2) is 13.1 Å². The fraction of sp³-hybridized carbons (Fsp3) is 0.250. The smallest absolute Gasteiger partial charge is 0.130 e. The Morgan fingerprint density at radius 1 is 1.73 bits per heavy atom. The molecule has 0 aliphatic heterocycles. The van der Waals surface area contributed by atoms with Crippen molar-refractivity contribution in [3.05, 3.63) is 29.5 Å². The maximum Gasteiger partial charge on any atom is 0.130 e. The Balaban J connectivity index is 2.79. The zero-order valence-corrected chi connectivity index (χ0v) is 6.26. The van der Waals surface area contributed by atoms with E-state index in [0.717, 1.165) is 0 Å². The van der Waals surface area contributed by atoms with Gasteiger partial charge in [0.25, 0.3) is 0 Å². The second-order valence-electron chi connectivity index (χ2n) is 2.10. The highest BCUT2D eigenvalue weighted by molar-refractivity contribution is 5.62. The molecule has 0 amide bonds. The second-order valence-corrected chi connectivity index (χ2v) is 2.10. The number of hydroxylamine groups is 1. The van der Waals surface area contributed by atoms with E-state index in [1.807, 2.05) is 18.1 Å². The SMILES string of the molecule is CONC1=CC=CCC1=C=O. The summed E-state index contributed by atoms with van der Waals surface area (Å²) in [5.41, 5.74) is 3.87. The summed E-state index contributed by atoms with van der Waals surface area (Å²) in [6.07, 6.45) is 6.14. The lowest BCUT2D eigenvalue weighted by molar-refractivity contribution is 0.119. The summed E-state index contributed by atoms with van der Waals surface area (Å²) in [6.45, 7) is 0. The first-order chi connectivity index (χ1) is 5.38. The van der Waals surface area contributed by atoms with Crippen molar-refractivity contribution in [3.63, 3.8) is 0 Å². The fourth-order valence-corrected chi connectivity index (χ4v) is 0.863. The predicted molar refractivity (Wildman–Crippen MR) is 41.2 cm³/mol. The zero-order chi connectivity index (χ0) is 8.10. The highest BCUT2D eigenvalue weighted by atomic mass is 16.6. The Hall–Kier alpha value is -1.31. The summed E-state index contributed by atoms with van der Waals surface area (Å²) in [4.78, 5) is 15.0. The molecule has 0 fully saturated rings. The lowest BCUT2D eigenvalue weighted by Crippen LogP contribution is -2.14. The Morgan fingerprint density at radius 2 is 2.55 bits per heavy atom. The van der Waals surface area contributed by atoms with Gasteiger partial charge in [-0.25, -0.2) is 4.79 Å². The van der Waals surface area contributed by atoms with E-state index < -0.39 is 0 Å². The molecule has 3 heteroatoms. The average Bonchev–Trinajstić information content (AvgIpc) is 2.06. The van der Waals surface area contributed by atoms with Gasteiger partial charge < -0.3 is 0 Å². The summed E-state index contributed by atoms with van der Waals surface area (Å²) in [7, 11) is 1.50. The molecule has 11 heavy (non-hydrogen) atoms. The van der Waals surface area contributed by atoms with Gasteiger partial charge in [0.05, 0.1) is 18.4 Å². The van der Waals surface area contributed by atoms with E-state index in [1.54, 1.807) is 6.08 Å². The molecule has 1 N–H and O–H groups in total.